The molecule has 1 unspecified atom stereocenters. The van der Waals surface area contributed by atoms with Crippen LogP contribution in [0.3, 0.4) is 0 Å². The maximum Gasteiger partial charge on any atom is 0.229 e. The molecular formula is C16H24N2O. The number of carbonyl (C=O) groups excluding carboxylic acids is 1. The minimum atomic E-state index is -0.0897. The van der Waals surface area contributed by atoms with Crippen LogP contribution in [0, 0.1) is 0 Å². The number of nitrogens with one attached hydrogen (secondary N) is 1. The number of hydrogen-bond donors (Lipinski definition) is 1. The van der Waals surface area contributed by atoms with Gasteiger partial charge in [0.25, 0.3) is 0 Å². The molecule has 1 atom stereocenters. The molecule has 0 radical (unpaired) electrons. The van der Waals surface area contributed by atoms with E-state index in [1.807, 2.05) is 18.2 Å². The van der Waals surface area contributed by atoms with Crippen molar-refractivity contribution in [2.75, 3.05) is 0 Å². The largest absolute Gasteiger partial charge is 0.353 e. The fraction of sp³-hybridized carbons (Fsp3) is 0.625. The van der Waals surface area contributed by atoms with Crippen LogP contribution in [-0.2, 0) is 4.79 Å². The third kappa shape index (κ3) is 4.05. The van der Waals surface area contributed by atoms with Gasteiger partial charge < -0.3 is 5.32 Å². The molecule has 1 aliphatic rings. The fourth-order valence-corrected chi connectivity index (χ4v) is 2.83. The van der Waals surface area contributed by atoms with Gasteiger partial charge in [-0.1, -0.05) is 38.7 Å². The topological polar surface area (TPSA) is 42.0 Å². The van der Waals surface area contributed by atoms with E-state index in [0.29, 0.717) is 6.04 Å². The summed E-state index contributed by atoms with van der Waals surface area (Å²) in [7, 11) is 0. The van der Waals surface area contributed by atoms with Crippen LogP contribution in [0.5, 0.6) is 0 Å². The van der Waals surface area contributed by atoms with Gasteiger partial charge in [-0.05, 0) is 31.4 Å². The lowest BCUT2D eigenvalue weighted by atomic mass is 9.93. The van der Waals surface area contributed by atoms with Gasteiger partial charge in [-0.2, -0.15) is 0 Å². The molecule has 0 saturated heterocycles. The zero-order valence-corrected chi connectivity index (χ0v) is 11.8. The summed E-state index contributed by atoms with van der Waals surface area (Å²) in [5, 5.41) is 3.22. The number of hydrogen-bond acceptors (Lipinski definition) is 2. The SMILES string of the molecule is CCCC(C(=O)NC1CCCCC1)c1ccccn1. The lowest BCUT2D eigenvalue weighted by Gasteiger charge is -2.25. The minimum Gasteiger partial charge on any atom is -0.353 e. The number of nitrogens with zero attached hydrogens (tertiary/aromatic N) is 1. The average molecular weight is 260 g/mol. The van der Waals surface area contributed by atoms with Crippen LogP contribution in [0.4, 0.5) is 0 Å². The van der Waals surface area contributed by atoms with Crippen LogP contribution in [-0.4, -0.2) is 16.9 Å². The third-order valence-electron chi connectivity index (χ3n) is 3.89. The molecule has 1 fully saturated rings. The molecule has 19 heavy (non-hydrogen) atoms. The quantitative estimate of drug-likeness (QED) is 0.881. The van der Waals surface area contributed by atoms with Gasteiger partial charge in [0.15, 0.2) is 0 Å². The minimum absolute atomic E-state index is 0.0897. The Bertz CT molecular complexity index is 385. The standard InChI is InChI=1S/C16H24N2O/c1-2-8-14(15-11-6-7-12-17-15)16(19)18-13-9-4-3-5-10-13/h6-7,11-14H,2-5,8-10H2,1H3,(H,18,19). The lowest BCUT2D eigenvalue weighted by molar-refractivity contribution is -0.123. The molecule has 104 valence electrons. The van der Waals surface area contributed by atoms with E-state index < -0.39 is 0 Å². The first kappa shape index (κ1) is 14.0. The van der Waals surface area contributed by atoms with Crippen molar-refractivity contribution >= 4 is 5.91 Å². The Morgan fingerprint density at radius 1 is 1.37 bits per heavy atom. The maximum atomic E-state index is 12.5. The van der Waals surface area contributed by atoms with Gasteiger partial charge in [0.2, 0.25) is 5.91 Å². The third-order valence-corrected chi connectivity index (χ3v) is 3.89. The van der Waals surface area contributed by atoms with Crippen LogP contribution < -0.4 is 5.32 Å². The Morgan fingerprint density at radius 3 is 2.79 bits per heavy atom. The van der Waals surface area contributed by atoms with Crippen molar-refractivity contribution in [2.45, 2.75) is 63.8 Å². The number of pyridine rings is 1. The zero-order valence-electron chi connectivity index (χ0n) is 11.8. The number of aromatic nitrogens is 1. The van der Waals surface area contributed by atoms with E-state index in [1.165, 1.54) is 19.3 Å². The van der Waals surface area contributed by atoms with Crippen LogP contribution in [0.2, 0.25) is 0 Å². The summed E-state index contributed by atoms with van der Waals surface area (Å²) >= 11 is 0. The van der Waals surface area contributed by atoms with Crippen LogP contribution in [0.1, 0.15) is 63.5 Å². The molecule has 1 aliphatic carbocycles. The molecule has 3 heteroatoms. The molecule has 0 bridgehead atoms. The summed E-state index contributed by atoms with van der Waals surface area (Å²) in [6.07, 6.45) is 9.70. The van der Waals surface area contributed by atoms with Gasteiger partial charge in [0.1, 0.15) is 0 Å². The van der Waals surface area contributed by atoms with E-state index in [4.69, 9.17) is 0 Å². The van der Waals surface area contributed by atoms with E-state index >= 15 is 0 Å². The maximum absolute atomic E-state index is 12.5. The van der Waals surface area contributed by atoms with Crippen molar-refractivity contribution in [3.63, 3.8) is 0 Å². The van der Waals surface area contributed by atoms with Gasteiger partial charge in [0, 0.05) is 12.2 Å². The van der Waals surface area contributed by atoms with Crippen LogP contribution >= 0.6 is 0 Å². The van der Waals surface area contributed by atoms with E-state index in [0.717, 1.165) is 31.4 Å². The molecule has 2 rings (SSSR count). The van der Waals surface area contributed by atoms with Crippen molar-refractivity contribution in [3.05, 3.63) is 30.1 Å². The number of carbonyl (C=O) groups is 1. The Morgan fingerprint density at radius 2 is 2.16 bits per heavy atom. The zero-order chi connectivity index (χ0) is 13.5. The second-order valence-electron chi connectivity index (χ2n) is 5.44. The molecule has 1 N–H and O–H groups in total. The first-order chi connectivity index (χ1) is 9.31. The second-order valence-corrected chi connectivity index (χ2v) is 5.44. The van der Waals surface area contributed by atoms with Crippen LogP contribution in [0.25, 0.3) is 0 Å². The summed E-state index contributed by atoms with van der Waals surface area (Å²) in [4.78, 5) is 16.8. The number of amides is 1. The molecule has 0 aromatic carbocycles. The van der Waals surface area contributed by atoms with Crippen molar-refractivity contribution in [1.82, 2.24) is 10.3 Å². The highest BCUT2D eigenvalue weighted by Crippen LogP contribution is 2.22. The number of rotatable bonds is 5. The molecule has 0 spiro atoms. The molecule has 1 saturated carbocycles. The molecule has 0 aliphatic heterocycles. The molecule has 1 aromatic rings. The fourth-order valence-electron chi connectivity index (χ4n) is 2.83. The predicted molar refractivity (Wildman–Crippen MR) is 76.9 cm³/mol. The summed E-state index contributed by atoms with van der Waals surface area (Å²) in [6.45, 7) is 2.11. The molecule has 1 heterocycles. The van der Waals surface area contributed by atoms with E-state index in [2.05, 4.69) is 17.2 Å². The molecule has 1 amide bonds. The highest BCUT2D eigenvalue weighted by atomic mass is 16.1. The van der Waals surface area contributed by atoms with Crippen molar-refractivity contribution < 1.29 is 4.79 Å². The Kier molecular flexibility index (Phi) is 5.37. The Labute approximate surface area is 115 Å². The van der Waals surface area contributed by atoms with E-state index in [-0.39, 0.29) is 11.8 Å². The van der Waals surface area contributed by atoms with Crippen molar-refractivity contribution in [1.29, 1.82) is 0 Å². The summed E-state index contributed by atoms with van der Waals surface area (Å²) in [5.74, 6) is 0.0700. The summed E-state index contributed by atoms with van der Waals surface area (Å²) in [5.41, 5.74) is 0.901. The molecule has 3 nitrogen and oxygen atoms in total. The van der Waals surface area contributed by atoms with Crippen LogP contribution in [0.15, 0.2) is 24.4 Å². The van der Waals surface area contributed by atoms with Gasteiger partial charge in [0.05, 0.1) is 11.6 Å². The van der Waals surface area contributed by atoms with Gasteiger partial charge in [-0.25, -0.2) is 0 Å². The highest BCUT2D eigenvalue weighted by Gasteiger charge is 2.24. The smallest absolute Gasteiger partial charge is 0.229 e. The predicted octanol–water partition coefficient (Wildman–Crippen LogP) is 3.41. The summed E-state index contributed by atoms with van der Waals surface area (Å²) in [6, 6.07) is 6.19. The van der Waals surface area contributed by atoms with Crippen molar-refractivity contribution in [3.8, 4) is 0 Å². The van der Waals surface area contributed by atoms with Crippen molar-refractivity contribution in [2.24, 2.45) is 0 Å². The first-order valence-corrected chi connectivity index (χ1v) is 7.52. The normalized spacial score (nSPS) is 17.9. The summed E-state index contributed by atoms with van der Waals surface area (Å²) < 4.78 is 0. The first-order valence-electron chi connectivity index (χ1n) is 7.52. The average Bonchev–Trinajstić information content (AvgIpc) is 2.46. The monoisotopic (exact) mass is 260 g/mol. The van der Waals surface area contributed by atoms with E-state index in [9.17, 15) is 4.79 Å². The van der Waals surface area contributed by atoms with E-state index in [1.54, 1.807) is 6.20 Å². The van der Waals surface area contributed by atoms with Gasteiger partial charge in [-0.3, -0.25) is 9.78 Å². The molecule has 1 aromatic heterocycles. The lowest BCUT2D eigenvalue weighted by Crippen LogP contribution is -2.39. The highest BCUT2D eigenvalue weighted by molar-refractivity contribution is 5.83. The van der Waals surface area contributed by atoms with Gasteiger partial charge in [-0.15, -0.1) is 0 Å². The van der Waals surface area contributed by atoms with Gasteiger partial charge >= 0.3 is 0 Å². The molecular weight excluding hydrogens is 236 g/mol. The Balaban J connectivity index is 1.99. The Hall–Kier alpha value is -1.38. The second kappa shape index (κ2) is 7.27.